The van der Waals surface area contributed by atoms with Gasteiger partial charge in [0, 0.05) is 0 Å². The molecule has 0 radical (unpaired) electrons. The molecule has 284 valence electrons. The molecule has 7 nitrogen and oxygen atoms in total. The van der Waals surface area contributed by atoms with E-state index in [1.807, 2.05) is 0 Å². The molecule has 3 unspecified atom stereocenters. The molecule has 0 heterocycles. The molecule has 0 aliphatic heterocycles. The van der Waals surface area contributed by atoms with Crippen molar-refractivity contribution in [2.24, 2.45) is 0 Å². The quantitative estimate of drug-likeness (QED) is 0.0293. The fourth-order valence-electron chi connectivity index (χ4n) is 6.10. The van der Waals surface area contributed by atoms with E-state index in [2.05, 4.69) is 31.3 Å². The van der Waals surface area contributed by atoms with E-state index >= 15 is 0 Å². The number of hydrogen-bond donors (Lipinski definition) is 4. The summed E-state index contributed by atoms with van der Waals surface area (Å²) in [7, 11) is -4.44. The second-order valence-electron chi connectivity index (χ2n) is 14.1. The van der Waals surface area contributed by atoms with Gasteiger partial charge in [0.1, 0.15) is 6.10 Å². The zero-order valence-corrected chi connectivity index (χ0v) is 32.0. The maximum Gasteiger partial charge on any atom is 0.267 e. The Bertz CT molecular complexity index is 875. The number of nitrogens with one attached hydrogen (secondary N) is 1. The summed E-state index contributed by atoms with van der Waals surface area (Å²) in [5.41, 5.74) is 0. The molecule has 0 fully saturated rings. The summed E-state index contributed by atoms with van der Waals surface area (Å²) in [5, 5.41) is 23.4. The van der Waals surface area contributed by atoms with Crippen LogP contribution in [0.25, 0.3) is 0 Å². The fraction of sp³-hybridized carbons (Fsp3) is 0.875. The highest BCUT2D eigenvalue weighted by Crippen LogP contribution is 2.15. The van der Waals surface area contributed by atoms with E-state index in [1.54, 1.807) is 6.08 Å². The average molecular weight is 700 g/mol. The van der Waals surface area contributed by atoms with E-state index in [-0.39, 0.29) is 6.42 Å². The number of aliphatic hydroxyl groups is 2. The highest BCUT2D eigenvalue weighted by molar-refractivity contribution is 7.85. The first-order valence-corrected chi connectivity index (χ1v) is 21.8. The Morgan fingerprint density at radius 3 is 1.33 bits per heavy atom. The van der Waals surface area contributed by atoms with Crippen LogP contribution in [-0.4, -0.2) is 53.1 Å². The predicted octanol–water partition coefficient (Wildman–Crippen LogP) is 10.5. The van der Waals surface area contributed by atoms with Gasteiger partial charge >= 0.3 is 0 Å². The lowest BCUT2D eigenvalue weighted by Gasteiger charge is -2.22. The number of hydrogen-bond acceptors (Lipinski definition) is 5. The monoisotopic (exact) mass is 700 g/mol. The molecule has 0 bridgehead atoms. The third-order valence-corrected chi connectivity index (χ3v) is 10.0. The first-order valence-electron chi connectivity index (χ1n) is 20.1. The topological polar surface area (TPSA) is 124 Å². The van der Waals surface area contributed by atoms with E-state index in [1.165, 1.54) is 134 Å². The van der Waals surface area contributed by atoms with Gasteiger partial charge in [-0.3, -0.25) is 9.35 Å². The molecule has 48 heavy (non-hydrogen) atoms. The van der Waals surface area contributed by atoms with Gasteiger partial charge < -0.3 is 15.5 Å². The number of carbonyl (C=O) groups excluding carboxylic acids is 1. The second-order valence-corrected chi connectivity index (χ2v) is 15.6. The molecule has 0 aromatic rings. The molecular weight excluding hydrogens is 623 g/mol. The predicted molar refractivity (Wildman–Crippen MR) is 204 cm³/mol. The molecule has 0 aromatic heterocycles. The van der Waals surface area contributed by atoms with Crippen molar-refractivity contribution in [1.29, 1.82) is 0 Å². The Labute approximate surface area is 297 Å². The summed E-state index contributed by atoms with van der Waals surface area (Å²) < 4.78 is 32.5. The molecule has 0 saturated carbocycles. The summed E-state index contributed by atoms with van der Waals surface area (Å²) in [6.07, 6.45) is 39.4. The molecule has 4 N–H and O–H groups in total. The van der Waals surface area contributed by atoms with E-state index < -0.39 is 40.0 Å². The number of amides is 1. The molecule has 3 atom stereocenters. The van der Waals surface area contributed by atoms with E-state index in [0.29, 0.717) is 6.42 Å². The SMILES string of the molecule is CCCCCC/C=C\CCCCCCCCC(O)C(=O)NC(CS(=O)(=O)O)C(O)/C=C/CCCCCCCCCCCCCCCCC. The molecule has 0 rings (SSSR count). The van der Waals surface area contributed by atoms with Crippen molar-refractivity contribution in [2.75, 3.05) is 5.75 Å². The Balaban J connectivity index is 4.06. The largest absolute Gasteiger partial charge is 0.387 e. The van der Waals surface area contributed by atoms with E-state index in [0.717, 1.165) is 44.9 Å². The van der Waals surface area contributed by atoms with Crippen molar-refractivity contribution in [3.05, 3.63) is 24.3 Å². The summed E-state index contributed by atoms with van der Waals surface area (Å²) in [5.74, 6) is -1.54. The Morgan fingerprint density at radius 1 is 0.562 bits per heavy atom. The highest BCUT2D eigenvalue weighted by Gasteiger charge is 2.27. The van der Waals surface area contributed by atoms with Crippen LogP contribution in [0.4, 0.5) is 0 Å². The standard InChI is InChI=1S/C40H77NO6S/c1-3-5-7-9-11-13-15-17-19-20-21-23-24-26-28-30-32-34-38(42)37(36-48(45,46)47)41-40(44)39(43)35-33-31-29-27-25-22-18-16-14-12-10-8-6-4-2/h14,16,32,34,37-39,42-43H,3-13,15,17-31,33,35-36H2,1-2H3,(H,41,44)(H,45,46,47)/b16-14-,34-32+. The van der Waals surface area contributed by atoms with Crippen molar-refractivity contribution in [2.45, 2.75) is 218 Å². The van der Waals surface area contributed by atoms with Gasteiger partial charge in [-0.15, -0.1) is 0 Å². The number of rotatable bonds is 36. The fourth-order valence-corrected chi connectivity index (χ4v) is 6.83. The van der Waals surface area contributed by atoms with E-state index in [9.17, 15) is 28.0 Å². The van der Waals surface area contributed by atoms with E-state index in [4.69, 9.17) is 0 Å². The minimum atomic E-state index is -4.44. The van der Waals surface area contributed by atoms with Crippen LogP contribution in [0.3, 0.4) is 0 Å². The van der Waals surface area contributed by atoms with Crippen LogP contribution in [0, 0.1) is 0 Å². The number of carbonyl (C=O) groups is 1. The van der Waals surface area contributed by atoms with Crippen LogP contribution in [0.2, 0.25) is 0 Å². The minimum Gasteiger partial charge on any atom is -0.387 e. The third-order valence-electron chi connectivity index (χ3n) is 9.23. The van der Waals surface area contributed by atoms with Crippen LogP contribution < -0.4 is 5.32 Å². The first-order chi connectivity index (χ1) is 23.2. The number of allylic oxidation sites excluding steroid dienone is 3. The normalized spacial score (nSPS) is 14.2. The first kappa shape index (κ1) is 46.8. The van der Waals surface area contributed by atoms with Gasteiger partial charge in [-0.2, -0.15) is 8.42 Å². The highest BCUT2D eigenvalue weighted by atomic mass is 32.2. The molecule has 0 spiro atoms. The van der Waals surface area contributed by atoms with Crippen molar-refractivity contribution in [3.8, 4) is 0 Å². The van der Waals surface area contributed by atoms with Crippen molar-refractivity contribution in [3.63, 3.8) is 0 Å². The van der Waals surface area contributed by atoms with Crippen LogP contribution in [0.15, 0.2) is 24.3 Å². The molecule has 0 aromatic carbocycles. The Kier molecular flexibility index (Phi) is 33.4. The minimum absolute atomic E-state index is 0.274. The molecule has 1 amide bonds. The molecular formula is C40H77NO6S. The molecule has 0 aliphatic carbocycles. The van der Waals surface area contributed by atoms with Gasteiger partial charge in [-0.1, -0.05) is 179 Å². The maximum atomic E-state index is 12.6. The summed E-state index contributed by atoms with van der Waals surface area (Å²) in [4.78, 5) is 12.6. The van der Waals surface area contributed by atoms with Crippen molar-refractivity contribution >= 4 is 16.0 Å². The second kappa shape index (κ2) is 34.2. The van der Waals surface area contributed by atoms with Gasteiger partial charge in [-0.25, -0.2) is 0 Å². The zero-order chi connectivity index (χ0) is 35.6. The molecule has 8 heteroatoms. The third kappa shape index (κ3) is 33.3. The molecule has 0 aliphatic rings. The summed E-state index contributed by atoms with van der Waals surface area (Å²) >= 11 is 0. The van der Waals surface area contributed by atoms with Crippen LogP contribution in [0.5, 0.6) is 0 Å². The smallest absolute Gasteiger partial charge is 0.267 e. The number of aliphatic hydroxyl groups excluding tert-OH is 2. The average Bonchev–Trinajstić information content (AvgIpc) is 3.05. The summed E-state index contributed by atoms with van der Waals surface area (Å²) in [6, 6.07) is -1.23. The van der Waals surface area contributed by atoms with Gasteiger partial charge in [0.2, 0.25) is 5.91 Å². The Morgan fingerprint density at radius 2 is 0.917 bits per heavy atom. The summed E-state index contributed by atoms with van der Waals surface area (Å²) in [6.45, 7) is 4.49. The van der Waals surface area contributed by atoms with Crippen molar-refractivity contribution in [1.82, 2.24) is 5.32 Å². The lowest BCUT2D eigenvalue weighted by atomic mass is 10.0. The van der Waals surface area contributed by atoms with Crippen molar-refractivity contribution < 1.29 is 28.0 Å². The lowest BCUT2D eigenvalue weighted by molar-refractivity contribution is -0.130. The Hall–Kier alpha value is -1.22. The lowest BCUT2D eigenvalue weighted by Crippen LogP contribution is -2.50. The van der Waals surface area contributed by atoms with Crippen LogP contribution in [0.1, 0.15) is 200 Å². The van der Waals surface area contributed by atoms with Crippen LogP contribution >= 0.6 is 0 Å². The maximum absolute atomic E-state index is 12.6. The zero-order valence-electron chi connectivity index (χ0n) is 31.2. The van der Waals surface area contributed by atoms with Gasteiger partial charge in [0.25, 0.3) is 10.1 Å². The van der Waals surface area contributed by atoms with Gasteiger partial charge in [0.15, 0.2) is 0 Å². The van der Waals surface area contributed by atoms with Gasteiger partial charge in [0.05, 0.1) is 17.9 Å². The van der Waals surface area contributed by atoms with Gasteiger partial charge in [-0.05, 0) is 44.9 Å². The number of unbranched alkanes of at least 4 members (excludes halogenated alkanes) is 25. The molecule has 0 saturated heterocycles. The van der Waals surface area contributed by atoms with Crippen LogP contribution in [-0.2, 0) is 14.9 Å².